The predicted molar refractivity (Wildman–Crippen MR) is 152 cm³/mol. The molecule has 0 aliphatic rings. The van der Waals surface area contributed by atoms with Crippen LogP contribution in [0.3, 0.4) is 0 Å². The minimum absolute atomic E-state index is 0.00318. The van der Waals surface area contributed by atoms with E-state index in [1.165, 1.54) is 11.8 Å². The number of nitrogens with one attached hydrogen (secondary N) is 4. The summed E-state index contributed by atoms with van der Waals surface area (Å²) in [6, 6.07) is 6.58. The molecule has 0 bridgehead atoms. The first kappa shape index (κ1) is 33.1. The lowest BCUT2D eigenvalue weighted by molar-refractivity contribution is -0.123. The van der Waals surface area contributed by atoms with Gasteiger partial charge in [-0.2, -0.15) is 11.8 Å². The molecule has 0 saturated heterocycles. The lowest BCUT2D eigenvalue weighted by Gasteiger charge is -2.21. The molecule has 2 unspecified atom stereocenters. The summed E-state index contributed by atoms with van der Waals surface area (Å²) in [5, 5.41) is 25.3. The van der Waals surface area contributed by atoms with Crippen LogP contribution >= 0.6 is 11.8 Å². The molecule has 38 heavy (non-hydrogen) atoms. The number of anilines is 1. The Hall–Kier alpha value is -2.92. The van der Waals surface area contributed by atoms with E-state index >= 15 is 0 Å². The van der Waals surface area contributed by atoms with E-state index in [2.05, 4.69) is 16.0 Å². The third-order valence-electron chi connectivity index (χ3n) is 5.91. The van der Waals surface area contributed by atoms with Crippen molar-refractivity contribution in [3.05, 3.63) is 29.8 Å². The summed E-state index contributed by atoms with van der Waals surface area (Å²) in [6.45, 7) is 2.56. The second-order valence-electron chi connectivity index (χ2n) is 9.50. The van der Waals surface area contributed by atoms with Crippen LogP contribution in [0.1, 0.15) is 70.3 Å². The smallest absolute Gasteiger partial charge is 0.230 e. The molecule has 1 aromatic rings. The van der Waals surface area contributed by atoms with Crippen LogP contribution in [0.2, 0.25) is 0 Å². The Bertz CT molecular complexity index is 910. The van der Waals surface area contributed by atoms with E-state index in [0.29, 0.717) is 36.4 Å². The maximum Gasteiger partial charge on any atom is 0.230 e. The molecule has 11 heteroatoms. The van der Waals surface area contributed by atoms with Crippen molar-refractivity contribution in [1.29, 1.82) is 5.41 Å². The number of hydrogen-bond acceptors (Lipinski definition) is 7. The molecule has 1 aromatic carbocycles. The van der Waals surface area contributed by atoms with Gasteiger partial charge in [-0.15, -0.1) is 0 Å². The van der Waals surface area contributed by atoms with Crippen LogP contribution in [0.25, 0.3) is 0 Å². The Labute approximate surface area is 229 Å². The van der Waals surface area contributed by atoms with Crippen LogP contribution in [0.15, 0.2) is 24.3 Å². The van der Waals surface area contributed by atoms with Gasteiger partial charge in [0.1, 0.15) is 11.6 Å². The number of ketones is 1. The molecule has 0 aromatic heterocycles. The van der Waals surface area contributed by atoms with Crippen molar-refractivity contribution >= 4 is 46.8 Å². The summed E-state index contributed by atoms with van der Waals surface area (Å²) in [5.74, 6) is 0.0179. The van der Waals surface area contributed by atoms with Gasteiger partial charge in [0.15, 0.2) is 0 Å². The predicted octanol–water partition coefficient (Wildman–Crippen LogP) is 2.58. The molecule has 0 aliphatic carbocycles. The number of unbranched alkanes of at least 4 members (excludes halogenated alkanes) is 1. The van der Waals surface area contributed by atoms with E-state index in [0.717, 1.165) is 19.3 Å². The number of nitrogen functional groups attached to an aromatic ring is 1. The van der Waals surface area contributed by atoms with Gasteiger partial charge in [0, 0.05) is 56.1 Å². The molecular weight excluding hydrogens is 506 g/mol. The number of carbonyl (C=O) groups is 4. The first-order valence-electron chi connectivity index (χ1n) is 13.1. The number of carbonyl (C=O) groups excluding carboxylic acids is 4. The third-order valence-corrected chi connectivity index (χ3v) is 6.46. The van der Waals surface area contributed by atoms with Crippen LogP contribution in [0.5, 0.6) is 0 Å². The molecule has 0 fully saturated rings. The average molecular weight is 550 g/mol. The number of nitrogens with two attached hydrogens (primary N) is 1. The van der Waals surface area contributed by atoms with Crippen LogP contribution in [0, 0.1) is 11.3 Å². The van der Waals surface area contributed by atoms with E-state index in [-0.39, 0.29) is 73.6 Å². The summed E-state index contributed by atoms with van der Waals surface area (Å²) in [4.78, 5) is 48.1. The fourth-order valence-electron chi connectivity index (χ4n) is 3.82. The van der Waals surface area contributed by atoms with Gasteiger partial charge in [0.25, 0.3) is 0 Å². The number of aliphatic hydroxyl groups excluding tert-OH is 1. The van der Waals surface area contributed by atoms with Gasteiger partial charge < -0.3 is 26.8 Å². The van der Waals surface area contributed by atoms with Crippen molar-refractivity contribution < 1.29 is 24.3 Å². The van der Waals surface area contributed by atoms with Crippen molar-refractivity contribution in [1.82, 2.24) is 10.6 Å². The van der Waals surface area contributed by atoms with E-state index < -0.39 is 0 Å². The van der Waals surface area contributed by atoms with Gasteiger partial charge >= 0.3 is 0 Å². The molecule has 0 spiro atoms. The average Bonchev–Trinajstić information content (AvgIpc) is 2.87. The van der Waals surface area contributed by atoms with Crippen molar-refractivity contribution in [3.63, 3.8) is 0 Å². The molecular formula is C27H43N5O5S. The number of amidine groups is 1. The molecule has 7 N–H and O–H groups in total. The minimum atomic E-state index is -0.274. The minimum Gasteiger partial charge on any atom is -0.396 e. The monoisotopic (exact) mass is 549 g/mol. The van der Waals surface area contributed by atoms with Crippen LogP contribution in [0.4, 0.5) is 5.69 Å². The number of benzene rings is 1. The van der Waals surface area contributed by atoms with Gasteiger partial charge in [0.2, 0.25) is 17.7 Å². The molecule has 1 rings (SSSR count). The number of hydrogen-bond donors (Lipinski definition) is 6. The van der Waals surface area contributed by atoms with E-state index in [1.807, 2.05) is 13.2 Å². The second-order valence-corrected chi connectivity index (χ2v) is 10.4. The fourth-order valence-corrected chi connectivity index (χ4v) is 4.17. The summed E-state index contributed by atoms with van der Waals surface area (Å²) < 4.78 is 0. The zero-order valence-corrected chi connectivity index (χ0v) is 23.3. The van der Waals surface area contributed by atoms with Crippen molar-refractivity contribution in [3.8, 4) is 0 Å². The number of aliphatic hydroxyl groups is 1. The number of Topliss-reactive ketones (excluding diaryl/α,β-unsaturated/α-hetero) is 1. The maximum absolute atomic E-state index is 12.1. The molecule has 10 nitrogen and oxygen atoms in total. The largest absolute Gasteiger partial charge is 0.396 e. The van der Waals surface area contributed by atoms with Crippen molar-refractivity contribution in [2.24, 2.45) is 11.7 Å². The molecule has 0 heterocycles. The zero-order valence-electron chi connectivity index (χ0n) is 22.5. The highest BCUT2D eigenvalue weighted by molar-refractivity contribution is 7.99. The van der Waals surface area contributed by atoms with Crippen LogP contribution < -0.4 is 21.7 Å². The fraction of sp³-hybridized carbons (Fsp3) is 0.593. The Morgan fingerprint density at radius 1 is 0.974 bits per heavy atom. The topological polar surface area (TPSA) is 174 Å². The number of thioether (sulfide) groups is 1. The van der Waals surface area contributed by atoms with Crippen LogP contribution in [-0.4, -0.2) is 65.6 Å². The maximum atomic E-state index is 12.1. The summed E-state index contributed by atoms with van der Waals surface area (Å²) >= 11 is 1.47. The molecule has 0 radical (unpaired) electrons. The molecule has 0 aliphatic heterocycles. The Balaban J connectivity index is 2.18. The standard InChI is InChI=1S/C27H43N5O5S/c1-19(17-33)16-22(32-26(37)18-38-2)6-3-4-15-30-24(35)8-5-7-23(34)13-14-25(36)31-21-11-9-20(10-12-21)27(28)29/h9-12,19,22,33H,3-8,13-18H2,1-2H3,(H3,28,29)(H,30,35)(H,31,36)(H,32,37). The molecule has 3 amide bonds. The van der Waals surface area contributed by atoms with Gasteiger partial charge in [0.05, 0.1) is 5.75 Å². The van der Waals surface area contributed by atoms with E-state index in [4.69, 9.17) is 11.1 Å². The number of amides is 3. The Morgan fingerprint density at radius 2 is 1.68 bits per heavy atom. The number of rotatable bonds is 20. The highest BCUT2D eigenvalue weighted by Gasteiger charge is 2.15. The van der Waals surface area contributed by atoms with Gasteiger partial charge in [-0.05, 0) is 68.5 Å². The van der Waals surface area contributed by atoms with Crippen LogP contribution in [-0.2, 0) is 19.2 Å². The Morgan fingerprint density at radius 3 is 2.32 bits per heavy atom. The highest BCUT2D eigenvalue weighted by Crippen LogP contribution is 2.13. The molecule has 0 saturated carbocycles. The lowest BCUT2D eigenvalue weighted by Crippen LogP contribution is -2.37. The quantitative estimate of drug-likeness (QED) is 0.0823. The highest BCUT2D eigenvalue weighted by atomic mass is 32.2. The Kier molecular flexibility index (Phi) is 16.7. The van der Waals surface area contributed by atoms with E-state index in [1.54, 1.807) is 24.3 Å². The molecule has 212 valence electrons. The van der Waals surface area contributed by atoms with Crippen molar-refractivity contribution in [2.75, 3.05) is 30.5 Å². The van der Waals surface area contributed by atoms with Gasteiger partial charge in [-0.1, -0.05) is 6.92 Å². The SMILES string of the molecule is CSCC(=O)NC(CCCCNC(=O)CCCC(=O)CCC(=O)Nc1ccc(C(=N)N)cc1)CC(C)CO. The molecule has 2 atom stereocenters. The van der Waals surface area contributed by atoms with E-state index in [9.17, 15) is 24.3 Å². The zero-order chi connectivity index (χ0) is 28.3. The lowest BCUT2D eigenvalue weighted by atomic mass is 9.98. The summed E-state index contributed by atoms with van der Waals surface area (Å²) in [6.07, 6.45) is 6.10. The summed E-state index contributed by atoms with van der Waals surface area (Å²) in [7, 11) is 0. The van der Waals surface area contributed by atoms with Gasteiger partial charge in [-0.25, -0.2) is 0 Å². The first-order chi connectivity index (χ1) is 18.1. The third kappa shape index (κ3) is 15.4. The summed E-state index contributed by atoms with van der Waals surface area (Å²) in [5.41, 5.74) is 6.53. The van der Waals surface area contributed by atoms with Gasteiger partial charge in [-0.3, -0.25) is 24.6 Å². The first-order valence-corrected chi connectivity index (χ1v) is 14.5. The normalized spacial score (nSPS) is 12.3. The van der Waals surface area contributed by atoms with Crippen molar-refractivity contribution in [2.45, 2.75) is 70.8 Å². The second kappa shape index (κ2) is 19.2.